The van der Waals surface area contributed by atoms with Gasteiger partial charge in [0.25, 0.3) is 11.8 Å². The third-order valence-electron chi connectivity index (χ3n) is 4.33. The molecule has 30 heavy (non-hydrogen) atoms. The number of ether oxygens (including phenoxy) is 2. The Morgan fingerprint density at radius 3 is 2.57 bits per heavy atom. The van der Waals surface area contributed by atoms with Crippen molar-refractivity contribution in [1.29, 1.82) is 0 Å². The van der Waals surface area contributed by atoms with Crippen molar-refractivity contribution in [2.75, 3.05) is 19.5 Å². The summed E-state index contributed by atoms with van der Waals surface area (Å²) in [6, 6.07) is 17.7. The summed E-state index contributed by atoms with van der Waals surface area (Å²) in [5.74, 6) is 1.62. The fourth-order valence-corrected chi connectivity index (χ4v) is 2.86. The molecule has 1 amide bonds. The van der Waals surface area contributed by atoms with E-state index in [1.165, 1.54) is 0 Å². The third kappa shape index (κ3) is 3.97. The predicted octanol–water partition coefficient (Wildman–Crippen LogP) is 4.07. The average molecular weight is 402 g/mol. The molecule has 2 aromatic carbocycles. The van der Waals surface area contributed by atoms with E-state index in [0.29, 0.717) is 40.2 Å². The zero-order chi connectivity index (χ0) is 20.9. The van der Waals surface area contributed by atoms with Gasteiger partial charge in [-0.2, -0.15) is 4.98 Å². The maximum atomic E-state index is 12.3. The maximum Gasteiger partial charge on any atom is 0.274 e. The van der Waals surface area contributed by atoms with Gasteiger partial charge in [-0.3, -0.25) is 9.78 Å². The van der Waals surface area contributed by atoms with E-state index in [1.807, 2.05) is 12.1 Å². The lowest BCUT2D eigenvalue weighted by Gasteiger charge is -2.07. The van der Waals surface area contributed by atoms with Crippen LogP contribution < -0.4 is 14.8 Å². The molecule has 0 bridgehead atoms. The molecule has 0 saturated carbocycles. The molecule has 8 heteroatoms. The van der Waals surface area contributed by atoms with E-state index < -0.39 is 0 Å². The average Bonchev–Trinajstić information content (AvgIpc) is 3.30. The Bertz CT molecular complexity index is 1170. The van der Waals surface area contributed by atoms with Gasteiger partial charge in [-0.05, 0) is 48.5 Å². The molecule has 0 aliphatic rings. The molecule has 1 N–H and O–H groups in total. The number of hydrogen-bond donors (Lipinski definition) is 1. The standard InChI is InChI=1S/C22H18N4O4/c1-28-18-10-9-14(13-19(18)29-2)20-25-22(30-26-20)15-6-5-7-16(12-15)24-21(27)17-8-3-4-11-23-17/h3-13H,1-2H3,(H,24,27). The molecule has 0 atom stereocenters. The Labute approximate surface area is 172 Å². The number of pyridine rings is 1. The van der Waals surface area contributed by atoms with E-state index in [1.54, 1.807) is 68.9 Å². The number of amides is 1. The monoisotopic (exact) mass is 402 g/mol. The van der Waals surface area contributed by atoms with Crippen molar-refractivity contribution in [3.05, 3.63) is 72.6 Å². The van der Waals surface area contributed by atoms with Crippen molar-refractivity contribution in [2.24, 2.45) is 0 Å². The Balaban J connectivity index is 1.57. The number of nitrogens with one attached hydrogen (secondary N) is 1. The van der Waals surface area contributed by atoms with E-state index >= 15 is 0 Å². The summed E-state index contributed by atoms with van der Waals surface area (Å²) >= 11 is 0. The molecule has 0 spiro atoms. The summed E-state index contributed by atoms with van der Waals surface area (Å²) in [6.45, 7) is 0. The second-order valence-electron chi connectivity index (χ2n) is 6.24. The minimum absolute atomic E-state index is 0.302. The second-order valence-corrected chi connectivity index (χ2v) is 6.24. The van der Waals surface area contributed by atoms with Gasteiger partial charge in [-0.15, -0.1) is 0 Å². The summed E-state index contributed by atoms with van der Waals surface area (Å²) in [6.07, 6.45) is 1.57. The topological polar surface area (TPSA) is 99.4 Å². The van der Waals surface area contributed by atoms with Gasteiger partial charge in [0.1, 0.15) is 5.69 Å². The summed E-state index contributed by atoms with van der Waals surface area (Å²) in [5.41, 5.74) is 2.32. The van der Waals surface area contributed by atoms with Gasteiger partial charge in [0.05, 0.1) is 14.2 Å². The van der Waals surface area contributed by atoms with Crippen LogP contribution in [0.25, 0.3) is 22.8 Å². The van der Waals surface area contributed by atoms with Crippen LogP contribution in [0.5, 0.6) is 11.5 Å². The molecule has 0 aliphatic heterocycles. The molecule has 0 saturated heterocycles. The van der Waals surface area contributed by atoms with Gasteiger partial charge in [0.15, 0.2) is 11.5 Å². The van der Waals surface area contributed by atoms with Crippen molar-refractivity contribution in [3.8, 4) is 34.3 Å². The number of anilines is 1. The molecule has 0 unspecified atom stereocenters. The van der Waals surface area contributed by atoms with Crippen molar-refractivity contribution in [3.63, 3.8) is 0 Å². The number of carbonyl (C=O) groups is 1. The summed E-state index contributed by atoms with van der Waals surface area (Å²) in [7, 11) is 3.14. The first-order valence-electron chi connectivity index (χ1n) is 9.07. The first kappa shape index (κ1) is 19.1. The van der Waals surface area contributed by atoms with Gasteiger partial charge < -0.3 is 19.3 Å². The second kappa shape index (κ2) is 8.44. The van der Waals surface area contributed by atoms with E-state index in [4.69, 9.17) is 14.0 Å². The lowest BCUT2D eigenvalue weighted by Crippen LogP contribution is -2.13. The molecular formula is C22H18N4O4. The highest BCUT2D eigenvalue weighted by molar-refractivity contribution is 6.03. The number of hydrogen-bond acceptors (Lipinski definition) is 7. The first-order valence-corrected chi connectivity index (χ1v) is 9.07. The van der Waals surface area contributed by atoms with E-state index in [9.17, 15) is 4.79 Å². The molecule has 150 valence electrons. The molecule has 0 aliphatic carbocycles. The van der Waals surface area contributed by atoms with Crippen LogP contribution in [0.15, 0.2) is 71.4 Å². The van der Waals surface area contributed by atoms with Crippen LogP contribution in [0.4, 0.5) is 5.69 Å². The Morgan fingerprint density at radius 1 is 0.933 bits per heavy atom. The van der Waals surface area contributed by atoms with Gasteiger partial charge in [0, 0.05) is 23.0 Å². The number of aromatic nitrogens is 3. The molecule has 2 aromatic heterocycles. The fourth-order valence-electron chi connectivity index (χ4n) is 2.86. The van der Waals surface area contributed by atoms with Crippen LogP contribution in [0.2, 0.25) is 0 Å². The minimum Gasteiger partial charge on any atom is -0.493 e. The molecule has 4 aromatic rings. The minimum atomic E-state index is -0.302. The van der Waals surface area contributed by atoms with E-state index in [0.717, 1.165) is 5.56 Å². The van der Waals surface area contributed by atoms with Crippen LogP contribution >= 0.6 is 0 Å². The van der Waals surface area contributed by atoms with Crippen LogP contribution in [0, 0.1) is 0 Å². The van der Waals surface area contributed by atoms with Gasteiger partial charge in [0.2, 0.25) is 5.82 Å². The Hall–Kier alpha value is -4.20. The highest BCUT2D eigenvalue weighted by atomic mass is 16.5. The van der Waals surface area contributed by atoms with Crippen LogP contribution in [0.3, 0.4) is 0 Å². The molecule has 8 nitrogen and oxygen atoms in total. The SMILES string of the molecule is COc1ccc(-c2noc(-c3cccc(NC(=O)c4ccccn4)c3)n2)cc1OC. The number of methoxy groups -OCH3 is 2. The highest BCUT2D eigenvalue weighted by Gasteiger charge is 2.14. The largest absolute Gasteiger partial charge is 0.493 e. The summed E-state index contributed by atoms with van der Waals surface area (Å²) < 4.78 is 16.0. The fraction of sp³-hybridized carbons (Fsp3) is 0.0909. The Morgan fingerprint density at radius 2 is 1.80 bits per heavy atom. The summed E-state index contributed by atoms with van der Waals surface area (Å²) in [4.78, 5) is 20.8. The summed E-state index contributed by atoms with van der Waals surface area (Å²) in [5, 5.41) is 6.86. The third-order valence-corrected chi connectivity index (χ3v) is 4.33. The van der Waals surface area contributed by atoms with Crippen molar-refractivity contribution >= 4 is 11.6 Å². The van der Waals surface area contributed by atoms with E-state index in [-0.39, 0.29) is 5.91 Å². The normalized spacial score (nSPS) is 10.5. The van der Waals surface area contributed by atoms with Gasteiger partial charge in [-0.25, -0.2) is 0 Å². The molecular weight excluding hydrogens is 384 g/mol. The van der Waals surface area contributed by atoms with Crippen molar-refractivity contribution < 1.29 is 18.8 Å². The molecule has 2 heterocycles. The van der Waals surface area contributed by atoms with Crippen molar-refractivity contribution in [1.82, 2.24) is 15.1 Å². The lowest BCUT2D eigenvalue weighted by molar-refractivity contribution is 0.102. The number of rotatable bonds is 6. The van der Waals surface area contributed by atoms with Crippen LogP contribution in [-0.2, 0) is 0 Å². The maximum absolute atomic E-state index is 12.3. The quantitative estimate of drug-likeness (QED) is 0.519. The van der Waals surface area contributed by atoms with Crippen LogP contribution in [-0.4, -0.2) is 35.3 Å². The highest BCUT2D eigenvalue weighted by Crippen LogP contribution is 2.32. The smallest absolute Gasteiger partial charge is 0.274 e. The first-order chi connectivity index (χ1) is 14.7. The molecule has 0 fully saturated rings. The van der Waals surface area contributed by atoms with Crippen LogP contribution in [0.1, 0.15) is 10.5 Å². The lowest BCUT2D eigenvalue weighted by atomic mass is 10.1. The van der Waals surface area contributed by atoms with Gasteiger partial charge in [-0.1, -0.05) is 17.3 Å². The number of carbonyl (C=O) groups excluding carboxylic acids is 1. The molecule has 0 radical (unpaired) electrons. The van der Waals surface area contributed by atoms with E-state index in [2.05, 4.69) is 20.4 Å². The Kier molecular flexibility index (Phi) is 5.38. The number of nitrogens with zero attached hydrogens (tertiary/aromatic N) is 3. The van der Waals surface area contributed by atoms with Gasteiger partial charge >= 0.3 is 0 Å². The zero-order valence-electron chi connectivity index (χ0n) is 16.3. The number of benzene rings is 2. The predicted molar refractivity (Wildman–Crippen MR) is 110 cm³/mol. The molecule has 4 rings (SSSR count). The van der Waals surface area contributed by atoms with Crippen molar-refractivity contribution in [2.45, 2.75) is 0 Å². The zero-order valence-corrected chi connectivity index (χ0v) is 16.3.